The molecule has 0 spiro atoms. The van der Waals surface area contributed by atoms with E-state index in [0.29, 0.717) is 6.04 Å². The first-order chi connectivity index (χ1) is 6.74. The molecule has 0 radical (unpaired) electrons. The normalized spacial score (nSPS) is 25.5. The topological polar surface area (TPSA) is 38.5 Å². The Labute approximate surface area is 87.6 Å². The van der Waals surface area contributed by atoms with Crippen LogP contribution >= 0.6 is 0 Å². The molecule has 0 aromatic rings. The van der Waals surface area contributed by atoms with Crippen molar-refractivity contribution >= 4 is 0 Å². The molecule has 14 heavy (non-hydrogen) atoms. The van der Waals surface area contributed by atoms with E-state index in [1.54, 1.807) is 7.11 Å². The Balaban J connectivity index is 2.09. The lowest BCUT2D eigenvalue weighted by molar-refractivity contribution is 0.184. The minimum atomic E-state index is 0.325. The summed E-state index contributed by atoms with van der Waals surface area (Å²) in [7, 11) is 1.74. The summed E-state index contributed by atoms with van der Waals surface area (Å²) in [6.45, 7) is 5.43. The van der Waals surface area contributed by atoms with Crippen LogP contribution in [-0.2, 0) is 4.74 Å². The molecule has 1 heterocycles. The van der Waals surface area contributed by atoms with Crippen molar-refractivity contribution in [2.75, 3.05) is 26.8 Å². The van der Waals surface area contributed by atoms with Gasteiger partial charge in [0, 0.05) is 32.3 Å². The second kappa shape index (κ2) is 6.38. The molecule has 2 unspecified atom stereocenters. The van der Waals surface area contributed by atoms with Gasteiger partial charge in [0.25, 0.3) is 0 Å². The number of hydrogen-bond donors (Lipinski definition) is 1. The number of ether oxygens (including phenoxy) is 1. The Morgan fingerprint density at radius 3 is 2.93 bits per heavy atom. The molecule has 0 aromatic heterocycles. The molecule has 2 atom stereocenters. The lowest BCUT2D eigenvalue weighted by Crippen LogP contribution is -2.39. The largest absolute Gasteiger partial charge is 0.385 e. The molecule has 1 aliphatic heterocycles. The molecule has 1 aliphatic rings. The molecule has 1 saturated heterocycles. The number of hydrogen-bond acceptors (Lipinski definition) is 3. The summed E-state index contributed by atoms with van der Waals surface area (Å²) in [5.74, 6) is 0. The lowest BCUT2D eigenvalue weighted by Gasteiger charge is -2.24. The van der Waals surface area contributed by atoms with Crippen LogP contribution in [0.4, 0.5) is 0 Å². The van der Waals surface area contributed by atoms with Gasteiger partial charge in [-0.25, -0.2) is 0 Å². The first-order valence-corrected chi connectivity index (χ1v) is 5.72. The zero-order valence-electron chi connectivity index (χ0n) is 9.54. The van der Waals surface area contributed by atoms with Crippen molar-refractivity contribution in [1.82, 2.24) is 4.90 Å². The maximum Gasteiger partial charge on any atom is 0.0462 e. The Bertz CT molecular complexity index is 152. The molecule has 0 saturated carbocycles. The van der Waals surface area contributed by atoms with Gasteiger partial charge in [-0.3, -0.25) is 4.90 Å². The highest BCUT2D eigenvalue weighted by atomic mass is 16.5. The van der Waals surface area contributed by atoms with E-state index in [-0.39, 0.29) is 0 Å². The predicted octanol–water partition coefficient (Wildman–Crippen LogP) is 1.22. The lowest BCUT2D eigenvalue weighted by atomic mass is 10.1. The molecule has 2 N–H and O–H groups in total. The monoisotopic (exact) mass is 200 g/mol. The van der Waals surface area contributed by atoms with Crippen molar-refractivity contribution in [3.63, 3.8) is 0 Å². The van der Waals surface area contributed by atoms with Crippen molar-refractivity contribution in [2.24, 2.45) is 5.73 Å². The van der Waals surface area contributed by atoms with Gasteiger partial charge in [0.05, 0.1) is 0 Å². The van der Waals surface area contributed by atoms with Gasteiger partial charge in [-0.15, -0.1) is 0 Å². The Morgan fingerprint density at radius 2 is 2.36 bits per heavy atom. The maximum absolute atomic E-state index is 6.06. The zero-order valence-corrected chi connectivity index (χ0v) is 9.54. The van der Waals surface area contributed by atoms with Crippen LogP contribution in [0.25, 0.3) is 0 Å². The highest BCUT2D eigenvalue weighted by Crippen LogP contribution is 2.16. The molecule has 3 heteroatoms. The van der Waals surface area contributed by atoms with Gasteiger partial charge in [-0.2, -0.15) is 0 Å². The number of methoxy groups -OCH3 is 1. The first-order valence-electron chi connectivity index (χ1n) is 5.72. The van der Waals surface area contributed by atoms with E-state index in [9.17, 15) is 0 Å². The second-order valence-corrected chi connectivity index (χ2v) is 4.38. The van der Waals surface area contributed by atoms with E-state index in [0.717, 1.165) is 32.0 Å². The molecule has 0 amide bonds. The average molecular weight is 200 g/mol. The van der Waals surface area contributed by atoms with Gasteiger partial charge in [0.1, 0.15) is 0 Å². The summed E-state index contributed by atoms with van der Waals surface area (Å²) < 4.78 is 5.01. The van der Waals surface area contributed by atoms with E-state index in [2.05, 4.69) is 11.8 Å². The smallest absolute Gasteiger partial charge is 0.0462 e. The fourth-order valence-electron chi connectivity index (χ4n) is 2.15. The third-order valence-electron chi connectivity index (χ3n) is 3.08. The zero-order chi connectivity index (χ0) is 10.4. The minimum Gasteiger partial charge on any atom is -0.385 e. The van der Waals surface area contributed by atoms with Gasteiger partial charge >= 0.3 is 0 Å². The van der Waals surface area contributed by atoms with Crippen LogP contribution in [0.15, 0.2) is 0 Å². The van der Waals surface area contributed by atoms with Gasteiger partial charge < -0.3 is 10.5 Å². The number of nitrogens with two attached hydrogens (primary N) is 1. The van der Waals surface area contributed by atoms with E-state index in [1.807, 2.05) is 0 Å². The first kappa shape index (κ1) is 12.0. The van der Waals surface area contributed by atoms with Crippen molar-refractivity contribution < 1.29 is 4.74 Å². The van der Waals surface area contributed by atoms with Crippen molar-refractivity contribution in [3.8, 4) is 0 Å². The SMILES string of the molecule is COCCCC(N)CN1CCCC1C. The fraction of sp³-hybridized carbons (Fsp3) is 1.00. The molecule has 0 aromatic carbocycles. The van der Waals surface area contributed by atoms with E-state index in [1.165, 1.54) is 19.4 Å². The molecule has 0 bridgehead atoms. The van der Waals surface area contributed by atoms with E-state index >= 15 is 0 Å². The second-order valence-electron chi connectivity index (χ2n) is 4.38. The number of nitrogens with zero attached hydrogens (tertiary/aromatic N) is 1. The predicted molar refractivity (Wildman–Crippen MR) is 59.4 cm³/mol. The Morgan fingerprint density at radius 1 is 1.57 bits per heavy atom. The quantitative estimate of drug-likeness (QED) is 0.655. The summed E-state index contributed by atoms with van der Waals surface area (Å²) >= 11 is 0. The summed E-state index contributed by atoms with van der Waals surface area (Å²) in [6.07, 6.45) is 4.84. The molecule has 1 fully saturated rings. The van der Waals surface area contributed by atoms with Crippen LogP contribution in [0.5, 0.6) is 0 Å². The Kier molecular flexibility index (Phi) is 5.45. The van der Waals surface area contributed by atoms with Gasteiger partial charge in [-0.1, -0.05) is 0 Å². The van der Waals surface area contributed by atoms with Crippen LogP contribution < -0.4 is 5.73 Å². The Hall–Kier alpha value is -0.120. The van der Waals surface area contributed by atoms with Crippen molar-refractivity contribution in [1.29, 1.82) is 0 Å². The summed E-state index contributed by atoms with van der Waals surface area (Å²) in [5, 5.41) is 0. The maximum atomic E-state index is 6.06. The molecular formula is C11H24N2O. The molecule has 0 aliphatic carbocycles. The van der Waals surface area contributed by atoms with Crippen LogP contribution in [-0.4, -0.2) is 43.8 Å². The third kappa shape index (κ3) is 3.95. The molecule has 84 valence electrons. The van der Waals surface area contributed by atoms with Crippen LogP contribution in [0.1, 0.15) is 32.6 Å². The minimum absolute atomic E-state index is 0.325. The number of rotatable bonds is 6. The van der Waals surface area contributed by atoms with Gasteiger partial charge in [-0.05, 0) is 39.2 Å². The van der Waals surface area contributed by atoms with Crippen LogP contribution in [0.2, 0.25) is 0 Å². The van der Waals surface area contributed by atoms with Crippen molar-refractivity contribution in [2.45, 2.75) is 44.7 Å². The van der Waals surface area contributed by atoms with Gasteiger partial charge in [0.15, 0.2) is 0 Å². The van der Waals surface area contributed by atoms with Crippen molar-refractivity contribution in [3.05, 3.63) is 0 Å². The van der Waals surface area contributed by atoms with Gasteiger partial charge in [0.2, 0.25) is 0 Å². The summed E-state index contributed by atoms with van der Waals surface area (Å²) in [6, 6.07) is 1.06. The van der Waals surface area contributed by atoms with E-state index < -0.39 is 0 Å². The summed E-state index contributed by atoms with van der Waals surface area (Å²) in [5.41, 5.74) is 6.06. The van der Waals surface area contributed by atoms with E-state index in [4.69, 9.17) is 10.5 Å². The molecular weight excluding hydrogens is 176 g/mol. The highest BCUT2D eigenvalue weighted by Gasteiger charge is 2.21. The number of likely N-dealkylation sites (tertiary alicyclic amines) is 1. The van der Waals surface area contributed by atoms with Crippen LogP contribution in [0, 0.1) is 0 Å². The molecule has 3 nitrogen and oxygen atoms in total. The fourth-order valence-corrected chi connectivity index (χ4v) is 2.15. The average Bonchev–Trinajstić information content (AvgIpc) is 2.52. The summed E-state index contributed by atoms with van der Waals surface area (Å²) in [4.78, 5) is 2.51. The third-order valence-corrected chi connectivity index (χ3v) is 3.08. The van der Waals surface area contributed by atoms with Crippen LogP contribution in [0.3, 0.4) is 0 Å². The standard InChI is InChI=1S/C11H24N2O/c1-10-5-3-7-13(10)9-11(12)6-4-8-14-2/h10-11H,3-9,12H2,1-2H3. The molecule has 1 rings (SSSR count). The highest BCUT2D eigenvalue weighted by molar-refractivity contribution is 4.78.